The summed E-state index contributed by atoms with van der Waals surface area (Å²) in [7, 11) is 0. The lowest BCUT2D eigenvalue weighted by atomic mass is 10.2. The monoisotopic (exact) mass is 222 g/mol. The van der Waals surface area contributed by atoms with Gasteiger partial charge in [-0.2, -0.15) is 0 Å². The zero-order chi connectivity index (χ0) is 7.99. The molecule has 1 aliphatic heterocycles. The van der Waals surface area contributed by atoms with Gasteiger partial charge in [-0.25, -0.2) is 0 Å². The second-order valence-electron chi connectivity index (χ2n) is 2.32. The van der Waals surface area contributed by atoms with Crippen molar-refractivity contribution in [3.63, 3.8) is 0 Å². The normalized spacial score (nSPS) is 45.9. The van der Waals surface area contributed by atoms with E-state index in [2.05, 4.69) is 0 Å². The molecule has 1 rings (SSSR count). The number of ether oxygens (including phenoxy) is 1. The molecule has 5 heteroatoms. The lowest BCUT2D eigenvalue weighted by Crippen LogP contribution is -2.38. The Labute approximate surface area is 79.5 Å². The molecule has 0 radical (unpaired) electrons. The highest BCUT2D eigenvalue weighted by Gasteiger charge is 2.56. The van der Waals surface area contributed by atoms with Crippen LogP contribution in [-0.4, -0.2) is 21.4 Å². The van der Waals surface area contributed by atoms with E-state index < -0.39 is 14.8 Å². The van der Waals surface area contributed by atoms with Crippen molar-refractivity contribution >= 4 is 46.4 Å². The molecule has 1 heterocycles. The van der Waals surface area contributed by atoms with Crippen LogP contribution >= 0.6 is 46.4 Å². The predicted molar refractivity (Wildman–Crippen MR) is 44.3 cm³/mol. The highest BCUT2D eigenvalue weighted by Crippen LogP contribution is 2.49. The van der Waals surface area contributed by atoms with Crippen molar-refractivity contribution in [3.8, 4) is 0 Å². The Morgan fingerprint density at radius 2 is 1.90 bits per heavy atom. The largest absolute Gasteiger partial charge is 0.355 e. The van der Waals surface area contributed by atoms with Crippen LogP contribution in [0.3, 0.4) is 0 Å². The van der Waals surface area contributed by atoms with Gasteiger partial charge in [0.15, 0.2) is 9.39 Å². The molecule has 0 saturated carbocycles. The summed E-state index contributed by atoms with van der Waals surface area (Å²) < 4.78 is 3.84. The lowest BCUT2D eigenvalue weighted by molar-refractivity contribution is 0.0871. The summed E-state index contributed by atoms with van der Waals surface area (Å²) in [6.45, 7) is 1.88. The Bertz CT molecular complexity index is 145. The molecule has 1 aliphatic rings. The minimum Gasteiger partial charge on any atom is -0.355 e. The van der Waals surface area contributed by atoms with Gasteiger partial charge >= 0.3 is 0 Å². The van der Waals surface area contributed by atoms with Gasteiger partial charge in [-0.15, -0.1) is 11.6 Å². The van der Waals surface area contributed by atoms with Crippen LogP contribution in [0.1, 0.15) is 6.92 Å². The number of halogens is 4. The third-order valence-electron chi connectivity index (χ3n) is 1.49. The molecular formula is C5H6Cl4O. The molecule has 1 nitrogen and oxygen atoms in total. The van der Waals surface area contributed by atoms with E-state index in [0.29, 0.717) is 0 Å². The van der Waals surface area contributed by atoms with Gasteiger partial charge in [0, 0.05) is 0 Å². The fourth-order valence-electron chi connectivity index (χ4n) is 0.710. The van der Waals surface area contributed by atoms with Crippen LogP contribution in [0.25, 0.3) is 0 Å². The first-order valence-electron chi connectivity index (χ1n) is 2.72. The molecule has 0 spiro atoms. The standard InChI is InChI=1S/C5H6Cl4O/c1-4(7)5(8,9)3(6)2-10-4/h3H,2H2,1H3. The summed E-state index contributed by atoms with van der Waals surface area (Å²) in [5.41, 5.74) is 0. The van der Waals surface area contributed by atoms with E-state index >= 15 is 0 Å². The van der Waals surface area contributed by atoms with E-state index in [-0.39, 0.29) is 6.61 Å². The predicted octanol–water partition coefficient (Wildman–Crippen LogP) is 2.75. The van der Waals surface area contributed by atoms with E-state index in [9.17, 15) is 0 Å². The van der Waals surface area contributed by atoms with Crippen molar-refractivity contribution in [2.75, 3.05) is 6.61 Å². The Hall–Kier alpha value is 1.12. The third-order valence-corrected chi connectivity index (χ3v) is 4.01. The molecular weight excluding hydrogens is 218 g/mol. The van der Waals surface area contributed by atoms with Crippen LogP contribution in [-0.2, 0) is 4.74 Å². The first-order chi connectivity index (χ1) is 4.38. The number of hydrogen-bond acceptors (Lipinski definition) is 1. The summed E-state index contributed by atoms with van der Waals surface area (Å²) in [5, 5.41) is -1.51. The van der Waals surface area contributed by atoms with Gasteiger partial charge in [0.1, 0.15) is 0 Å². The molecule has 0 bridgehead atoms. The smallest absolute Gasteiger partial charge is 0.178 e. The van der Waals surface area contributed by atoms with Crippen LogP contribution in [0.2, 0.25) is 0 Å². The van der Waals surface area contributed by atoms with Crippen LogP contribution in [0, 0.1) is 0 Å². The molecule has 2 atom stereocenters. The van der Waals surface area contributed by atoms with E-state index in [0.717, 1.165) is 0 Å². The fraction of sp³-hybridized carbons (Fsp3) is 1.00. The maximum absolute atomic E-state index is 5.79. The molecule has 0 aromatic heterocycles. The van der Waals surface area contributed by atoms with Crippen molar-refractivity contribution in [3.05, 3.63) is 0 Å². The summed E-state index contributed by atoms with van der Waals surface area (Å²) in [4.78, 5) is 0. The van der Waals surface area contributed by atoms with Gasteiger partial charge in [-0.1, -0.05) is 34.8 Å². The van der Waals surface area contributed by atoms with Gasteiger partial charge < -0.3 is 4.74 Å². The maximum Gasteiger partial charge on any atom is 0.178 e. The average molecular weight is 224 g/mol. The quantitative estimate of drug-likeness (QED) is 0.574. The molecule has 10 heavy (non-hydrogen) atoms. The van der Waals surface area contributed by atoms with Crippen LogP contribution < -0.4 is 0 Å². The SMILES string of the molecule is CC1(Cl)OCC(Cl)C1(Cl)Cl. The summed E-state index contributed by atoms with van der Waals surface area (Å²) in [5.74, 6) is 0. The maximum atomic E-state index is 5.79. The minimum atomic E-state index is -1.20. The first kappa shape index (κ1) is 9.21. The molecule has 0 aromatic rings. The molecule has 0 aromatic carbocycles. The second-order valence-corrected chi connectivity index (χ2v) is 4.95. The molecule has 60 valence electrons. The molecule has 1 saturated heterocycles. The minimum absolute atomic E-state index is 0.286. The van der Waals surface area contributed by atoms with Gasteiger partial charge in [-0.05, 0) is 6.92 Å². The average Bonchev–Trinajstić information content (AvgIpc) is 1.94. The number of hydrogen-bond donors (Lipinski definition) is 0. The molecule has 1 fully saturated rings. The Morgan fingerprint density at radius 1 is 1.40 bits per heavy atom. The van der Waals surface area contributed by atoms with Gasteiger partial charge in [0.05, 0.1) is 12.0 Å². The second kappa shape index (κ2) is 2.56. The summed E-state index contributed by atoms with van der Waals surface area (Å²) >= 11 is 23.1. The summed E-state index contributed by atoms with van der Waals surface area (Å²) in [6, 6.07) is 0. The van der Waals surface area contributed by atoms with E-state index in [4.69, 9.17) is 51.1 Å². The highest BCUT2D eigenvalue weighted by molar-refractivity contribution is 6.56. The van der Waals surface area contributed by atoms with E-state index in [1.807, 2.05) is 0 Å². The molecule has 0 N–H and O–H groups in total. The van der Waals surface area contributed by atoms with Gasteiger partial charge in [-0.3, -0.25) is 0 Å². The number of alkyl halides is 4. The Balaban J connectivity index is 2.84. The summed E-state index contributed by atoms with van der Waals surface area (Å²) in [6.07, 6.45) is 0. The van der Waals surface area contributed by atoms with Crippen molar-refractivity contribution in [2.45, 2.75) is 21.7 Å². The van der Waals surface area contributed by atoms with Crippen molar-refractivity contribution in [1.29, 1.82) is 0 Å². The third kappa shape index (κ3) is 1.23. The Morgan fingerprint density at radius 3 is 2.00 bits per heavy atom. The lowest BCUT2D eigenvalue weighted by Gasteiger charge is -2.26. The van der Waals surface area contributed by atoms with Crippen LogP contribution in [0.5, 0.6) is 0 Å². The van der Waals surface area contributed by atoms with Crippen molar-refractivity contribution in [1.82, 2.24) is 0 Å². The van der Waals surface area contributed by atoms with E-state index in [1.165, 1.54) is 0 Å². The highest BCUT2D eigenvalue weighted by atomic mass is 35.5. The van der Waals surface area contributed by atoms with Crippen LogP contribution in [0.4, 0.5) is 0 Å². The first-order valence-corrected chi connectivity index (χ1v) is 4.30. The molecule has 0 aliphatic carbocycles. The van der Waals surface area contributed by atoms with Crippen molar-refractivity contribution < 1.29 is 4.74 Å². The van der Waals surface area contributed by atoms with Crippen LogP contribution in [0.15, 0.2) is 0 Å². The van der Waals surface area contributed by atoms with Gasteiger partial charge in [0.2, 0.25) is 0 Å². The van der Waals surface area contributed by atoms with E-state index in [1.54, 1.807) is 6.92 Å². The zero-order valence-electron chi connectivity index (χ0n) is 5.20. The Kier molecular flexibility index (Phi) is 2.36. The fourth-order valence-corrected chi connectivity index (χ4v) is 1.47. The molecule has 0 amide bonds. The van der Waals surface area contributed by atoms with Crippen molar-refractivity contribution in [2.24, 2.45) is 0 Å². The molecule has 2 unspecified atom stereocenters. The van der Waals surface area contributed by atoms with Gasteiger partial charge in [0.25, 0.3) is 0 Å². The number of rotatable bonds is 0. The topological polar surface area (TPSA) is 9.23 Å². The zero-order valence-corrected chi connectivity index (χ0v) is 8.23.